The number of hydrogen-bond acceptors (Lipinski definition) is 14. The molecule has 27 heteroatoms. The Morgan fingerprint density at radius 3 is 1.39 bits per heavy atom. The smallest absolute Gasteiger partial charge is 0.245 e. The number of amides is 8. The average Bonchev–Trinajstić information content (AvgIpc) is 3.21. The van der Waals surface area contributed by atoms with Gasteiger partial charge in [0.05, 0.1) is 52.0 Å². The van der Waals surface area contributed by atoms with Crippen LogP contribution in [0.5, 0.6) is 0 Å². The lowest BCUT2D eigenvalue weighted by atomic mass is 10.0. The van der Waals surface area contributed by atoms with Crippen molar-refractivity contribution in [2.24, 2.45) is 44.4 Å². The van der Waals surface area contributed by atoms with Crippen LogP contribution in [-0.4, -0.2) is 181 Å². The molecule has 0 aromatic carbocycles. The molecule has 0 aromatic rings. The fraction of sp³-hybridized carbons (Fsp3) is 0.725. The van der Waals surface area contributed by atoms with E-state index in [0.717, 1.165) is 0 Å². The van der Waals surface area contributed by atoms with Crippen LogP contribution in [0, 0.1) is 0 Å². The van der Waals surface area contributed by atoms with E-state index in [1.807, 2.05) is 21.1 Å². The second kappa shape index (κ2) is 30.9. The third-order valence-corrected chi connectivity index (χ3v) is 9.85. The molecule has 8 amide bonds. The summed E-state index contributed by atoms with van der Waals surface area (Å²) in [6, 6.07) is -10.9. The van der Waals surface area contributed by atoms with Gasteiger partial charge in [0.25, 0.3) is 0 Å². The molecule has 0 bridgehead atoms. The number of unbranched alkanes of at least 4 members (excludes halogenated alkanes) is 1. The monoisotopic (exact) mass is 958 g/mol. The van der Waals surface area contributed by atoms with Crippen LogP contribution in [0.3, 0.4) is 0 Å². The summed E-state index contributed by atoms with van der Waals surface area (Å²) in [5, 5.41) is 38.3. The number of aliphatic hydroxyl groups excluding tert-OH is 2. The number of rotatable bonds is 33. The second-order valence-corrected chi connectivity index (χ2v) is 17.3. The molecule has 27 nitrogen and oxygen atoms in total. The van der Waals surface area contributed by atoms with Crippen molar-refractivity contribution in [2.75, 3.05) is 40.8 Å². The average molecular weight is 958 g/mol. The molecule has 0 unspecified atom stereocenters. The molecule has 0 fully saturated rings. The maximum atomic E-state index is 14.1. The van der Waals surface area contributed by atoms with Crippen molar-refractivity contribution in [1.29, 1.82) is 0 Å². The molecule has 0 saturated carbocycles. The van der Waals surface area contributed by atoms with Gasteiger partial charge in [0, 0.05) is 19.5 Å². The summed E-state index contributed by atoms with van der Waals surface area (Å²) in [4.78, 5) is 125. The minimum atomic E-state index is -1.72. The number of nitrogens with zero attached hydrogens (tertiary/aromatic N) is 3. The predicted octanol–water partition coefficient (Wildman–Crippen LogP) is -7.04. The number of primary amides is 1. The lowest BCUT2D eigenvalue weighted by Gasteiger charge is -2.29. The summed E-state index contributed by atoms with van der Waals surface area (Å²) in [6.07, 6.45) is -1.80. The number of carbonyl (C=O) groups is 9. The van der Waals surface area contributed by atoms with E-state index in [1.54, 1.807) is 0 Å². The van der Waals surface area contributed by atoms with Crippen molar-refractivity contribution in [3.8, 4) is 0 Å². The largest absolute Gasteiger partial charge is 0.391 e. The van der Waals surface area contributed by atoms with Crippen LogP contribution in [0.25, 0.3) is 0 Å². The lowest BCUT2D eigenvalue weighted by molar-refractivity contribution is -0.870. The Bertz CT molecular complexity index is 1710. The van der Waals surface area contributed by atoms with Crippen molar-refractivity contribution in [1.82, 2.24) is 37.2 Å². The minimum Gasteiger partial charge on any atom is -0.391 e. The summed E-state index contributed by atoms with van der Waals surface area (Å²) in [7, 11) is 5.86. The Kier molecular flexibility index (Phi) is 28.1. The van der Waals surface area contributed by atoms with Crippen LogP contribution in [0.4, 0.5) is 0 Å². The van der Waals surface area contributed by atoms with Crippen molar-refractivity contribution < 1.29 is 57.8 Å². The summed E-state index contributed by atoms with van der Waals surface area (Å²) in [5.74, 6) is -7.55. The molecule has 0 saturated heterocycles. The van der Waals surface area contributed by atoms with E-state index < -0.39 is 121 Å². The van der Waals surface area contributed by atoms with Gasteiger partial charge in [0.1, 0.15) is 42.5 Å². The van der Waals surface area contributed by atoms with Gasteiger partial charge >= 0.3 is 0 Å². The van der Waals surface area contributed by atoms with Gasteiger partial charge in [-0.05, 0) is 79.1 Å². The highest BCUT2D eigenvalue weighted by Crippen LogP contribution is 2.10. The van der Waals surface area contributed by atoms with Crippen molar-refractivity contribution in [2.45, 2.75) is 146 Å². The number of hydrogen-bond donors (Lipinski definition) is 15. The molecule has 21 N–H and O–H groups in total. The van der Waals surface area contributed by atoms with E-state index in [1.165, 1.54) is 27.7 Å². The van der Waals surface area contributed by atoms with E-state index in [2.05, 4.69) is 47.2 Å². The molecule has 0 rings (SSSR count). The molecular formula is C40H77N16O11+. The van der Waals surface area contributed by atoms with Gasteiger partial charge in [-0.3, -0.25) is 48.3 Å². The van der Waals surface area contributed by atoms with Crippen molar-refractivity contribution >= 4 is 65.5 Å². The first kappa shape index (κ1) is 60.8. The zero-order chi connectivity index (χ0) is 51.6. The van der Waals surface area contributed by atoms with E-state index in [9.17, 15) is 53.4 Å². The van der Waals surface area contributed by atoms with Crippen LogP contribution < -0.4 is 71.6 Å². The predicted molar refractivity (Wildman–Crippen MR) is 247 cm³/mol. The lowest BCUT2D eigenvalue weighted by Crippen LogP contribution is -2.62. The van der Waals surface area contributed by atoms with Gasteiger partial charge in [0.2, 0.25) is 47.3 Å². The van der Waals surface area contributed by atoms with E-state index in [4.69, 9.17) is 34.4 Å². The summed E-state index contributed by atoms with van der Waals surface area (Å²) in [5.41, 5.74) is 32.4. The standard InChI is InChI=1S/C40H76N16O11/c1-21(41)32(61)51-27(14-11-18-48-40(45)46)35(64)55-31(24(4)59)38(67)53-26(13-8-9-19-56(5,6)7)34(63)52-28(15-16-29(42)60)36(65)54-30(23(3)58)37(66)49-22(2)33(62)50-25(20-57)12-10-17-47-39(43)44/h20-28,30-31,58-59H,8-19,41H2,1-7H3,(H16-,42,43,44,45,46,47,48,49,50,51,52,53,54,55,60,61,62,63,64,65,66,67)/p+1/t21-,22-,23+,24+,25-,26-,27-,28-,30-,31-/m0/s1. The fourth-order valence-corrected chi connectivity index (χ4v) is 6.06. The first-order valence-electron chi connectivity index (χ1n) is 22.0. The Labute approximate surface area is 391 Å². The highest BCUT2D eigenvalue weighted by atomic mass is 16.3. The SMILES string of the molecule is C[C@H](N)C(=O)N[C@@H](CCCN=C(N)N)C(=O)N[C@H](C(=O)N[C@@H](CCCC[N+](C)(C)C)C(=O)N[C@@H](CCC(N)=O)C(=O)N[C@H](C(=O)N[C@@H](C)C(=O)N[C@H](C=O)CCCN=C(N)N)[C@@H](C)O)[C@@H](C)O. The van der Waals surface area contributed by atoms with E-state index in [-0.39, 0.29) is 50.7 Å². The summed E-state index contributed by atoms with van der Waals surface area (Å²) >= 11 is 0. The third-order valence-electron chi connectivity index (χ3n) is 9.85. The van der Waals surface area contributed by atoms with Gasteiger partial charge in [-0.2, -0.15) is 0 Å². The number of carbonyl (C=O) groups excluding carboxylic acids is 9. The van der Waals surface area contributed by atoms with Crippen LogP contribution in [0.15, 0.2) is 9.98 Å². The van der Waals surface area contributed by atoms with Crippen LogP contribution in [0.2, 0.25) is 0 Å². The number of guanidine groups is 2. The number of aliphatic imine (C=N–C) groups is 2. The Morgan fingerprint density at radius 2 is 0.955 bits per heavy atom. The molecular weight excluding hydrogens is 881 g/mol. The maximum absolute atomic E-state index is 14.1. The molecule has 0 spiro atoms. The van der Waals surface area contributed by atoms with E-state index in [0.29, 0.717) is 36.6 Å². The number of nitrogens with one attached hydrogen (secondary N) is 7. The second-order valence-electron chi connectivity index (χ2n) is 17.3. The molecule has 382 valence electrons. The zero-order valence-corrected chi connectivity index (χ0v) is 39.7. The van der Waals surface area contributed by atoms with Gasteiger partial charge in [-0.25, -0.2) is 0 Å². The normalized spacial score (nSPS) is 15.7. The quantitative estimate of drug-likeness (QED) is 0.00956. The van der Waals surface area contributed by atoms with Crippen LogP contribution in [0.1, 0.15) is 85.5 Å². The molecule has 67 heavy (non-hydrogen) atoms. The zero-order valence-electron chi connectivity index (χ0n) is 39.7. The number of quaternary nitrogens is 1. The van der Waals surface area contributed by atoms with Crippen LogP contribution in [-0.2, 0) is 43.2 Å². The first-order valence-corrected chi connectivity index (χ1v) is 22.0. The van der Waals surface area contributed by atoms with Gasteiger partial charge in [-0.1, -0.05) is 0 Å². The Morgan fingerprint density at radius 1 is 0.537 bits per heavy atom. The molecule has 0 aliphatic carbocycles. The highest BCUT2D eigenvalue weighted by Gasteiger charge is 2.35. The van der Waals surface area contributed by atoms with Crippen LogP contribution >= 0.6 is 0 Å². The van der Waals surface area contributed by atoms with Crippen molar-refractivity contribution in [3.05, 3.63) is 0 Å². The minimum absolute atomic E-state index is 0.00129. The molecule has 10 atom stereocenters. The number of nitrogens with two attached hydrogens (primary N) is 6. The van der Waals surface area contributed by atoms with Gasteiger partial charge < -0.3 is 91.1 Å². The Hall–Kier alpha value is -6.19. The van der Waals surface area contributed by atoms with Gasteiger partial charge in [-0.15, -0.1) is 0 Å². The highest BCUT2D eigenvalue weighted by molar-refractivity contribution is 5.97. The first-order chi connectivity index (χ1) is 31.1. The molecule has 0 radical (unpaired) electrons. The molecule has 0 aliphatic heterocycles. The van der Waals surface area contributed by atoms with Gasteiger partial charge in [0.15, 0.2) is 11.9 Å². The van der Waals surface area contributed by atoms with E-state index >= 15 is 0 Å². The molecule has 0 aromatic heterocycles. The Balaban J connectivity index is 6.45. The molecule has 0 aliphatic rings. The fourth-order valence-electron chi connectivity index (χ4n) is 6.06. The van der Waals surface area contributed by atoms with Crippen molar-refractivity contribution in [3.63, 3.8) is 0 Å². The third kappa shape index (κ3) is 26.5. The number of aldehydes is 1. The maximum Gasteiger partial charge on any atom is 0.245 e. The summed E-state index contributed by atoms with van der Waals surface area (Å²) in [6.45, 7) is 6.04. The number of aliphatic hydroxyl groups is 2. The molecule has 0 heterocycles. The summed E-state index contributed by atoms with van der Waals surface area (Å²) < 4.78 is 0.573. The topological polar surface area (TPSA) is 459 Å².